The van der Waals surface area contributed by atoms with Crippen LogP contribution >= 0.6 is 24.0 Å². The summed E-state index contributed by atoms with van der Waals surface area (Å²) in [7, 11) is 0. The number of nitrogens with one attached hydrogen (secondary N) is 2. The lowest BCUT2D eigenvalue weighted by molar-refractivity contribution is -0.127. The first-order valence-corrected chi connectivity index (χ1v) is 8.19. The number of benzene rings is 1. The maximum atomic E-state index is 12.5. The molecule has 2 aliphatic rings. The molecule has 1 aromatic carbocycles. The number of hydrogen-bond donors (Lipinski definition) is 2. The lowest BCUT2D eigenvalue weighted by atomic mass is 10.1. The zero-order valence-electron chi connectivity index (χ0n) is 13.2. The van der Waals surface area contributed by atoms with E-state index in [0.29, 0.717) is 37.6 Å². The Bertz CT molecular complexity index is 594. The highest BCUT2D eigenvalue weighted by atomic mass is 35.5. The van der Waals surface area contributed by atoms with Gasteiger partial charge in [0.15, 0.2) is 0 Å². The third kappa shape index (κ3) is 4.60. The van der Waals surface area contributed by atoms with Crippen LogP contribution in [-0.2, 0) is 14.3 Å². The van der Waals surface area contributed by atoms with Crippen LogP contribution in [0.4, 0.5) is 5.69 Å². The second kappa shape index (κ2) is 8.67. The van der Waals surface area contributed by atoms with Crippen LogP contribution in [0.1, 0.15) is 12.8 Å². The highest BCUT2D eigenvalue weighted by molar-refractivity contribution is 6.31. The van der Waals surface area contributed by atoms with Crippen molar-refractivity contribution in [3.05, 3.63) is 29.3 Å². The minimum absolute atomic E-state index is 0. The zero-order valence-corrected chi connectivity index (χ0v) is 14.7. The van der Waals surface area contributed by atoms with Crippen molar-refractivity contribution >= 4 is 41.5 Å². The normalized spacial score (nSPS) is 23.7. The van der Waals surface area contributed by atoms with Gasteiger partial charge in [-0.15, -0.1) is 12.4 Å². The molecule has 0 bridgehead atoms. The summed E-state index contributed by atoms with van der Waals surface area (Å²) in [6.45, 7) is 2.53. The van der Waals surface area contributed by atoms with Gasteiger partial charge in [-0.2, -0.15) is 0 Å². The molecule has 2 aliphatic heterocycles. The Morgan fingerprint density at radius 3 is 3.00 bits per heavy atom. The first kappa shape index (κ1) is 19.0. The van der Waals surface area contributed by atoms with Crippen molar-refractivity contribution in [2.45, 2.75) is 24.9 Å². The fourth-order valence-electron chi connectivity index (χ4n) is 2.94. The van der Waals surface area contributed by atoms with Gasteiger partial charge in [-0.3, -0.25) is 9.59 Å². The standard InChI is InChI=1S/C16H20ClN3O3.ClH/c17-11-2-1-3-13(8-11)20-6-4-14(16(20)22)19-15(21)9-12-10-23-7-5-18-12;/h1-3,8,12,14,18H,4-7,9-10H2,(H,19,21);1H. The van der Waals surface area contributed by atoms with Gasteiger partial charge in [0.25, 0.3) is 0 Å². The van der Waals surface area contributed by atoms with Crippen LogP contribution in [-0.4, -0.2) is 50.2 Å². The molecule has 2 fully saturated rings. The number of morpholine rings is 1. The Balaban J connectivity index is 0.00000208. The lowest BCUT2D eigenvalue weighted by Crippen LogP contribution is -2.47. The molecule has 2 unspecified atom stereocenters. The third-order valence-corrected chi connectivity index (χ3v) is 4.33. The number of rotatable bonds is 4. The number of carbonyl (C=O) groups excluding carboxylic acids is 2. The molecule has 0 radical (unpaired) electrons. The van der Waals surface area contributed by atoms with Gasteiger partial charge in [-0.05, 0) is 24.6 Å². The summed E-state index contributed by atoms with van der Waals surface area (Å²) in [4.78, 5) is 26.2. The smallest absolute Gasteiger partial charge is 0.249 e. The van der Waals surface area contributed by atoms with Crippen LogP contribution in [0.15, 0.2) is 24.3 Å². The quantitative estimate of drug-likeness (QED) is 0.835. The van der Waals surface area contributed by atoms with E-state index in [1.54, 1.807) is 17.0 Å². The summed E-state index contributed by atoms with van der Waals surface area (Å²) >= 11 is 5.97. The Kier molecular flexibility index (Phi) is 6.86. The minimum atomic E-state index is -0.467. The molecule has 132 valence electrons. The number of halogens is 2. The van der Waals surface area contributed by atoms with E-state index in [-0.39, 0.29) is 30.3 Å². The van der Waals surface area contributed by atoms with Gasteiger partial charge in [0.2, 0.25) is 11.8 Å². The first-order valence-electron chi connectivity index (χ1n) is 7.81. The number of nitrogens with zero attached hydrogens (tertiary/aromatic N) is 1. The molecule has 24 heavy (non-hydrogen) atoms. The molecule has 8 heteroatoms. The van der Waals surface area contributed by atoms with E-state index in [4.69, 9.17) is 16.3 Å². The Labute approximate surface area is 152 Å². The molecule has 2 atom stereocenters. The molecular weight excluding hydrogens is 353 g/mol. The SMILES string of the molecule is Cl.O=C(CC1COCCN1)NC1CCN(c2cccc(Cl)c2)C1=O. The fraction of sp³-hybridized carbons (Fsp3) is 0.500. The van der Waals surface area contributed by atoms with E-state index in [0.717, 1.165) is 12.2 Å². The van der Waals surface area contributed by atoms with E-state index >= 15 is 0 Å². The van der Waals surface area contributed by atoms with Crippen molar-refractivity contribution in [3.63, 3.8) is 0 Å². The lowest BCUT2D eigenvalue weighted by Gasteiger charge is -2.24. The van der Waals surface area contributed by atoms with Crippen molar-refractivity contribution in [1.29, 1.82) is 0 Å². The summed E-state index contributed by atoms with van der Waals surface area (Å²) in [6.07, 6.45) is 0.923. The van der Waals surface area contributed by atoms with Crippen LogP contribution in [0.5, 0.6) is 0 Å². The summed E-state index contributed by atoms with van der Waals surface area (Å²) in [5.74, 6) is -0.215. The van der Waals surface area contributed by atoms with E-state index in [1.807, 2.05) is 12.1 Å². The zero-order chi connectivity index (χ0) is 16.2. The van der Waals surface area contributed by atoms with Crippen LogP contribution in [0.3, 0.4) is 0 Å². The van der Waals surface area contributed by atoms with Crippen molar-refractivity contribution in [2.24, 2.45) is 0 Å². The van der Waals surface area contributed by atoms with Gasteiger partial charge in [-0.1, -0.05) is 17.7 Å². The molecule has 3 rings (SSSR count). The molecule has 2 amide bonds. The largest absolute Gasteiger partial charge is 0.378 e. The molecule has 0 aromatic heterocycles. The third-order valence-electron chi connectivity index (χ3n) is 4.09. The predicted molar refractivity (Wildman–Crippen MR) is 94.8 cm³/mol. The molecule has 2 saturated heterocycles. The average molecular weight is 374 g/mol. The number of carbonyl (C=O) groups is 2. The predicted octanol–water partition coefficient (Wildman–Crippen LogP) is 1.36. The maximum Gasteiger partial charge on any atom is 0.249 e. The molecule has 0 spiro atoms. The second-order valence-electron chi connectivity index (χ2n) is 5.81. The van der Waals surface area contributed by atoms with Crippen LogP contribution in [0.2, 0.25) is 5.02 Å². The van der Waals surface area contributed by atoms with Gasteiger partial charge in [0.1, 0.15) is 6.04 Å². The summed E-state index contributed by atoms with van der Waals surface area (Å²) in [5, 5.41) is 6.65. The number of hydrogen-bond acceptors (Lipinski definition) is 4. The van der Waals surface area contributed by atoms with Crippen LogP contribution < -0.4 is 15.5 Å². The Morgan fingerprint density at radius 1 is 1.46 bits per heavy atom. The monoisotopic (exact) mass is 373 g/mol. The number of anilines is 1. The number of ether oxygens (including phenoxy) is 1. The highest BCUT2D eigenvalue weighted by Crippen LogP contribution is 2.24. The Hall–Kier alpha value is -1.34. The van der Waals surface area contributed by atoms with E-state index in [2.05, 4.69) is 10.6 Å². The van der Waals surface area contributed by atoms with Crippen LogP contribution in [0, 0.1) is 0 Å². The topological polar surface area (TPSA) is 70.7 Å². The van der Waals surface area contributed by atoms with Gasteiger partial charge in [0, 0.05) is 36.3 Å². The average Bonchev–Trinajstić information content (AvgIpc) is 2.89. The molecule has 2 heterocycles. The molecule has 0 saturated carbocycles. The summed E-state index contributed by atoms with van der Waals surface area (Å²) < 4.78 is 5.33. The van der Waals surface area contributed by atoms with Gasteiger partial charge in [-0.25, -0.2) is 0 Å². The molecule has 1 aromatic rings. The second-order valence-corrected chi connectivity index (χ2v) is 6.25. The van der Waals surface area contributed by atoms with Crippen molar-refractivity contribution in [1.82, 2.24) is 10.6 Å². The molecule has 0 aliphatic carbocycles. The van der Waals surface area contributed by atoms with Gasteiger partial charge >= 0.3 is 0 Å². The maximum absolute atomic E-state index is 12.5. The molecular formula is C16H21Cl2N3O3. The fourth-order valence-corrected chi connectivity index (χ4v) is 3.13. The summed E-state index contributed by atoms with van der Waals surface area (Å²) in [6, 6.07) is 6.73. The molecule has 6 nitrogen and oxygen atoms in total. The van der Waals surface area contributed by atoms with Gasteiger partial charge < -0.3 is 20.3 Å². The van der Waals surface area contributed by atoms with Crippen molar-refractivity contribution in [3.8, 4) is 0 Å². The van der Waals surface area contributed by atoms with Crippen molar-refractivity contribution < 1.29 is 14.3 Å². The van der Waals surface area contributed by atoms with E-state index in [1.165, 1.54) is 0 Å². The summed E-state index contributed by atoms with van der Waals surface area (Å²) in [5.41, 5.74) is 0.765. The minimum Gasteiger partial charge on any atom is -0.378 e. The first-order chi connectivity index (χ1) is 11.1. The molecule has 2 N–H and O–H groups in total. The van der Waals surface area contributed by atoms with E-state index in [9.17, 15) is 9.59 Å². The van der Waals surface area contributed by atoms with Gasteiger partial charge in [0.05, 0.1) is 13.2 Å². The Morgan fingerprint density at radius 2 is 2.29 bits per heavy atom. The number of amides is 2. The van der Waals surface area contributed by atoms with E-state index < -0.39 is 6.04 Å². The van der Waals surface area contributed by atoms with Crippen LogP contribution in [0.25, 0.3) is 0 Å². The van der Waals surface area contributed by atoms with Crippen molar-refractivity contribution in [2.75, 3.05) is 31.2 Å². The highest BCUT2D eigenvalue weighted by Gasteiger charge is 2.34.